The number of hydrogen-bond donors (Lipinski definition) is 1. The Morgan fingerprint density at radius 1 is 1.56 bits per heavy atom. The lowest BCUT2D eigenvalue weighted by atomic mass is 10.2. The van der Waals surface area contributed by atoms with Gasteiger partial charge in [0.05, 0.1) is 12.6 Å². The first-order valence-electron chi connectivity index (χ1n) is 6.10. The average Bonchev–Trinajstić information content (AvgIpc) is 2.68. The first kappa shape index (κ1) is 16.4. The number of ether oxygens (including phenoxy) is 1. The smallest absolute Gasteiger partial charge is 0.107 e. The molecule has 0 saturated heterocycles. The van der Waals surface area contributed by atoms with E-state index in [9.17, 15) is 0 Å². The van der Waals surface area contributed by atoms with Crippen LogP contribution in [0.5, 0.6) is 0 Å². The summed E-state index contributed by atoms with van der Waals surface area (Å²) in [4.78, 5) is 3.53. The first-order chi connectivity index (χ1) is 8.63. The monoisotopic (exact) mass is 354 g/mol. The SMILES string of the molecule is CCOCCN(CC)C(CN)c1cc(Br)c(Cl)s1. The lowest BCUT2D eigenvalue weighted by Crippen LogP contribution is -2.35. The van der Waals surface area contributed by atoms with E-state index < -0.39 is 0 Å². The van der Waals surface area contributed by atoms with E-state index in [1.807, 2.05) is 6.92 Å². The van der Waals surface area contributed by atoms with Crippen molar-refractivity contribution in [1.29, 1.82) is 0 Å². The second-order valence-corrected chi connectivity index (χ2v) is 6.39. The van der Waals surface area contributed by atoms with Crippen molar-refractivity contribution in [2.75, 3.05) is 32.8 Å². The summed E-state index contributed by atoms with van der Waals surface area (Å²) in [5.74, 6) is 0. The number of thiophene rings is 1. The maximum absolute atomic E-state index is 6.09. The molecule has 1 aromatic rings. The van der Waals surface area contributed by atoms with Crippen LogP contribution in [-0.2, 0) is 4.74 Å². The fraction of sp³-hybridized carbons (Fsp3) is 0.667. The van der Waals surface area contributed by atoms with Gasteiger partial charge in [-0.05, 0) is 35.5 Å². The maximum atomic E-state index is 6.09. The highest BCUT2D eigenvalue weighted by Gasteiger charge is 2.20. The van der Waals surface area contributed by atoms with Crippen molar-refractivity contribution in [1.82, 2.24) is 4.90 Å². The summed E-state index contributed by atoms with van der Waals surface area (Å²) in [7, 11) is 0. The Labute approximate surface area is 126 Å². The van der Waals surface area contributed by atoms with Crippen molar-refractivity contribution < 1.29 is 4.74 Å². The topological polar surface area (TPSA) is 38.5 Å². The van der Waals surface area contributed by atoms with Crippen LogP contribution < -0.4 is 5.73 Å². The van der Waals surface area contributed by atoms with Crippen LogP contribution >= 0.6 is 38.9 Å². The number of nitrogens with two attached hydrogens (primary N) is 1. The van der Waals surface area contributed by atoms with Crippen LogP contribution in [0.4, 0.5) is 0 Å². The number of likely N-dealkylation sites (N-methyl/N-ethyl adjacent to an activating group) is 1. The number of hydrogen-bond acceptors (Lipinski definition) is 4. The van der Waals surface area contributed by atoms with Crippen LogP contribution in [0.15, 0.2) is 10.5 Å². The van der Waals surface area contributed by atoms with Crippen molar-refractivity contribution in [3.63, 3.8) is 0 Å². The van der Waals surface area contributed by atoms with Crippen molar-refractivity contribution >= 4 is 38.9 Å². The molecule has 3 nitrogen and oxygen atoms in total. The zero-order valence-electron chi connectivity index (χ0n) is 10.8. The number of nitrogens with zero attached hydrogens (tertiary/aromatic N) is 1. The molecule has 1 aromatic heterocycles. The minimum atomic E-state index is 0.212. The van der Waals surface area contributed by atoms with Crippen LogP contribution in [0.2, 0.25) is 4.34 Å². The van der Waals surface area contributed by atoms with Gasteiger partial charge in [-0.2, -0.15) is 0 Å². The summed E-state index contributed by atoms with van der Waals surface area (Å²) in [6, 6.07) is 2.28. The fourth-order valence-corrected chi connectivity index (χ4v) is 3.72. The zero-order chi connectivity index (χ0) is 13.5. The van der Waals surface area contributed by atoms with E-state index >= 15 is 0 Å². The predicted octanol–water partition coefficient (Wildman–Crippen LogP) is 3.52. The molecule has 1 unspecified atom stereocenters. The second-order valence-electron chi connectivity index (χ2n) is 3.85. The largest absolute Gasteiger partial charge is 0.380 e. The van der Waals surface area contributed by atoms with Gasteiger partial charge in [-0.15, -0.1) is 11.3 Å². The van der Waals surface area contributed by atoms with Gasteiger partial charge in [0, 0.05) is 29.0 Å². The standard InChI is InChI=1S/C12H20BrClN2OS/c1-3-16(5-6-17-4-2)10(8-15)11-7-9(13)12(14)18-11/h7,10H,3-6,8,15H2,1-2H3. The molecule has 0 spiro atoms. The van der Waals surface area contributed by atoms with Crippen molar-refractivity contribution in [3.05, 3.63) is 19.8 Å². The summed E-state index contributed by atoms with van der Waals surface area (Å²) in [6.45, 7) is 8.05. The van der Waals surface area contributed by atoms with Crippen LogP contribution in [0, 0.1) is 0 Å². The Hall–Kier alpha value is 0.350. The molecule has 0 aromatic carbocycles. The molecule has 0 aliphatic carbocycles. The Morgan fingerprint density at radius 2 is 2.28 bits per heavy atom. The summed E-state index contributed by atoms with van der Waals surface area (Å²) in [5, 5.41) is 0. The molecule has 0 aliphatic rings. The van der Waals surface area contributed by atoms with E-state index in [1.165, 1.54) is 4.88 Å². The number of halogens is 2. The molecule has 0 amide bonds. The minimum Gasteiger partial charge on any atom is -0.380 e. The molecular formula is C12H20BrClN2OS. The molecular weight excluding hydrogens is 336 g/mol. The highest BCUT2D eigenvalue weighted by atomic mass is 79.9. The van der Waals surface area contributed by atoms with Crippen LogP contribution in [0.25, 0.3) is 0 Å². The normalized spacial score (nSPS) is 13.2. The Balaban J connectivity index is 2.72. The van der Waals surface area contributed by atoms with Crippen LogP contribution in [0.1, 0.15) is 24.8 Å². The predicted molar refractivity (Wildman–Crippen MR) is 82.6 cm³/mol. The van der Waals surface area contributed by atoms with E-state index in [2.05, 4.69) is 33.8 Å². The maximum Gasteiger partial charge on any atom is 0.107 e. The lowest BCUT2D eigenvalue weighted by molar-refractivity contribution is 0.0988. The lowest BCUT2D eigenvalue weighted by Gasteiger charge is -2.28. The summed E-state index contributed by atoms with van der Waals surface area (Å²) in [6.07, 6.45) is 0. The molecule has 0 radical (unpaired) electrons. The highest BCUT2D eigenvalue weighted by molar-refractivity contribution is 9.10. The quantitative estimate of drug-likeness (QED) is 0.725. The Morgan fingerprint density at radius 3 is 2.72 bits per heavy atom. The molecule has 1 atom stereocenters. The molecule has 0 fully saturated rings. The van der Waals surface area contributed by atoms with Crippen molar-refractivity contribution in [2.45, 2.75) is 19.9 Å². The third-order valence-electron chi connectivity index (χ3n) is 2.79. The van der Waals surface area contributed by atoms with Gasteiger partial charge in [0.1, 0.15) is 4.34 Å². The van der Waals surface area contributed by atoms with E-state index in [-0.39, 0.29) is 6.04 Å². The van der Waals surface area contributed by atoms with E-state index in [4.69, 9.17) is 22.1 Å². The molecule has 18 heavy (non-hydrogen) atoms. The first-order valence-corrected chi connectivity index (χ1v) is 8.09. The summed E-state index contributed by atoms with van der Waals surface area (Å²) < 4.78 is 7.14. The molecule has 2 N–H and O–H groups in total. The molecule has 1 heterocycles. The van der Waals surface area contributed by atoms with Crippen LogP contribution in [-0.4, -0.2) is 37.7 Å². The molecule has 1 rings (SSSR count). The molecule has 0 aliphatic heterocycles. The third-order valence-corrected chi connectivity index (χ3v) is 5.37. The zero-order valence-corrected chi connectivity index (χ0v) is 13.9. The van der Waals surface area contributed by atoms with Gasteiger partial charge in [0.15, 0.2) is 0 Å². The Kier molecular flexibility index (Phi) is 7.75. The molecule has 0 saturated carbocycles. The summed E-state index contributed by atoms with van der Waals surface area (Å²) >= 11 is 11.1. The molecule has 6 heteroatoms. The summed E-state index contributed by atoms with van der Waals surface area (Å²) in [5.41, 5.74) is 5.91. The van der Waals surface area contributed by atoms with Gasteiger partial charge in [-0.25, -0.2) is 0 Å². The third kappa shape index (κ3) is 4.47. The van der Waals surface area contributed by atoms with E-state index in [0.29, 0.717) is 6.54 Å². The highest BCUT2D eigenvalue weighted by Crippen LogP contribution is 2.36. The Bertz CT molecular complexity index is 342. The minimum absolute atomic E-state index is 0.212. The number of rotatable bonds is 8. The van der Waals surface area contributed by atoms with E-state index in [1.54, 1.807) is 11.3 Å². The fourth-order valence-electron chi connectivity index (χ4n) is 1.83. The van der Waals surface area contributed by atoms with Crippen molar-refractivity contribution in [2.24, 2.45) is 5.73 Å². The second kappa shape index (κ2) is 8.51. The average molecular weight is 356 g/mol. The van der Waals surface area contributed by atoms with Crippen LogP contribution in [0.3, 0.4) is 0 Å². The van der Waals surface area contributed by atoms with Gasteiger partial charge >= 0.3 is 0 Å². The molecule has 104 valence electrons. The van der Waals surface area contributed by atoms with Crippen molar-refractivity contribution in [3.8, 4) is 0 Å². The van der Waals surface area contributed by atoms with Gasteiger partial charge in [0.25, 0.3) is 0 Å². The van der Waals surface area contributed by atoms with E-state index in [0.717, 1.165) is 35.1 Å². The van der Waals surface area contributed by atoms with Gasteiger partial charge in [0.2, 0.25) is 0 Å². The molecule has 0 bridgehead atoms. The van der Waals surface area contributed by atoms with Gasteiger partial charge in [-0.3, -0.25) is 4.90 Å². The van der Waals surface area contributed by atoms with Gasteiger partial charge < -0.3 is 10.5 Å². The van der Waals surface area contributed by atoms with Gasteiger partial charge in [-0.1, -0.05) is 18.5 Å².